The van der Waals surface area contributed by atoms with E-state index >= 15 is 0 Å². The summed E-state index contributed by atoms with van der Waals surface area (Å²) in [4.78, 5) is 10.6. The summed E-state index contributed by atoms with van der Waals surface area (Å²) in [5, 5.41) is 8.69. The van der Waals surface area contributed by atoms with Crippen LogP contribution in [0.15, 0.2) is 18.2 Å². The van der Waals surface area contributed by atoms with E-state index < -0.39 is 12.0 Å². The Morgan fingerprint density at radius 3 is 2.50 bits per heavy atom. The van der Waals surface area contributed by atoms with Gasteiger partial charge in [-0.2, -0.15) is 0 Å². The minimum atomic E-state index is -1.02. The molecule has 0 fully saturated rings. The van der Waals surface area contributed by atoms with Crippen LogP contribution in [0.1, 0.15) is 5.56 Å². The van der Waals surface area contributed by atoms with E-state index in [1.807, 2.05) is 0 Å². The molecule has 1 atom stereocenters. The van der Waals surface area contributed by atoms with Gasteiger partial charge in [0, 0.05) is 0 Å². The van der Waals surface area contributed by atoms with Gasteiger partial charge in [-0.1, -0.05) is 6.07 Å². The number of rotatable bonds is 5. The molecule has 16 heavy (non-hydrogen) atoms. The van der Waals surface area contributed by atoms with Gasteiger partial charge >= 0.3 is 5.97 Å². The van der Waals surface area contributed by atoms with Gasteiger partial charge in [0.1, 0.15) is 6.04 Å². The van der Waals surface area contributed by atoms with Gasteiger partial charge in [-0.05, 0) is 24.1 Å². The summed E-state index contributed by atoms with van der Waals surface area (Å²) in [6.45, 7) is 0. The van der Waals surface area contributed by atoms with Crippen molar-refractivity contribution in [1.82, 2.24) is 0 Å². The molecule has 1 aromatic carbocycles. The van der Waals surface area contributed by atoms with Gasteiger partial charge in [-0.3, -0.25) is 4.79 Å². The van der Waals surface area contributed by atoms with Gasteiger partial charge in [-0.25, -0.2) is 0 Å². The lowest BCUT2D eigenvalue weighted by Gasteiger charge is -2.11. The summed E-state index contributed by atoms with van der Waals surface area (Å²) in [5.74, 6) is 0.155. The van der Waals surface area contributed by atoms with Crippen LogP contribution in [0.3, 0.4) is 0 Å². The normalized spacial score (nSPS) is 11.9. The standard InChI is InChI=1S/C11H15NO4/c1-15-9-4-3-7(6-10(9)16-2)5-8(12)11(13)14/h3-4,6,8H,5,12H2,1-2H3,(H,13,14)/t8-/m1/s1. The highest BCUT2D eigenvalue weighted by Crippen LogP contribution is 2.27. The topological polar surface area (TPSA) is 81.8 Å². The quantitative estimate of drug-likeness (QED) is 0.769. The van der Waals surface area contributed by atoms with Crippen molar-refractivity contribution in [2.24, 2.45) is 5.73 Å². The van der Waals surface area contributed by atoms with Crippen molar-refractivity contribution in [2.75, 3.05) is 14.2 Å². The van der Waals surface area contributed by atoms with Crippen molar-refractivity contribution in [3.63, 3.8) is 0 Å². The molecule has 0 aliphatic carbocycles. The summed E-state index contributed by atoms with van der Waals surface area (Å²) in [6.07, 6.45) is 0.260. The van der Waals surface area contributed by atoms with Crippen LogP contribution in [0.25, 0.3) is 0 Å². The Bertz CT molecular complexity index is 378. The number of carboxylic acids is 1. The van der Waals surface area contributed by atoms with Gasteiger partial charge in [0.2, 0.25) is 0 Å². The van der Waals surface area contributed by atoms with Crippen molar-refractivity contribution in [3.05, 3.63) is 23.8 Å². The lowest BCUT2D eigenvalue weighted by atomic mass is 10.1. The van der Waals surface area contributed by atoms with Crippen LogP contribution in [0, 0.1) is 0 Å². The van der Waals surface area contributed by atoms with Gasteiger partial charge in [0.15, 0.2) is 11.5 Å². The van der Waals surface area contributed by atoms with Gasteiger partial charge in [0.25, 0.3) is 0 Å². The highest BCUT2D eigenvalue weighted by molar-refractivity contribution is 5.73. The van der Waals surface area contributed by atoms with Crippen LogP contribution in [0.4, 0.5) is 0 Å². The first-order valence-corrected chi connectivity index (χ1v) is 4.77. The smallest absolute Gasteiger partial charge is 0.320 e. The molecule has 1 aromatic rings. The zero-order valence-electron chi connectivity index (χ0n) is 9.27. The van der Waals surface area contributed by atoms with Gasteiger partial charge in [-0.15, -0.1) is 0 Å². The van der Waals surface area contributed by atoms with E-state index in [9.17, 15) is 4.79 Å². The largest absolute Gasteiger partial charge is 0.493 e. The fourth-order valence-electron chi connectivity index (χ4n) is 1.35. The molecule has 5 heteroatoms. The number of ether oxygens (including phenoxy) is 2. The fraction of sp³-hybridized carbons (Fsp3) is 0.364. The molecule has 0 aliphatic heterocycles. The highest BCUT2D eigenvalue weighted by atomic mass is 16.5. The molecule has 0 aliphatic rings. The molecule has 5 nitrogen and oxygen atoms in total. The zero-order valence-corrected chi connectivity index (χ0v) is 9.27. The molecule has 0 bridgehead atoms. The summed E-state index contributed by atoms with van der Waals surface area (Å²) in [7, 11) is 3.07. The van der Waals surface area contributed by atoms with Gasteiger partial charge < -0.3 is 20.3 Å². The van der Waals surface area contributed by atoms with Crippen LogP contribution < -0.4 is 15.2 Å². The molecule has 0 saturated carbocycles. The average Bonchev–Trinajstić information content (AvgIpc) is 2.28. The molecule has 0 unspecified atom stereocenters. The lowest BCUT2D eigenvalue weighted by molar-refractivity contribution is -0.138. The minimum absolute atomic E-state index is 0.260. The second kappa shape index (κ2) is 5.37. The number of nitrogens with two attached hydrogens (primary N) is 1. The number of hydrogen-bond acceptors (Lipinski definition) is 4. The Labute approximate surface area is 93.8 Å². The second-order valence-electron chi connectivity index (χ2n) is 3.34. The maximum absolute atomic E-state index is 10.6. The number of aliphatic carboxylic acids is 1. The van der Waals surface area contributed by atoms with E-state index in [1.165, 1.54) is 7.11 Å². The first-order chi connectivity index (χ1) is 7.58. The Hall–Kier alpha value is -1.75. The molecule has 0 amide bonds. The predicted molar refractivity (Wildman–Crippen MR) is 58.9 cm³/mol. The van der Waals surface area contributed by atoms with Crippen molar-refractivity contribution in [1.29, 1.82) is 0 Å². The van der Waals surface area contributed by atoms with Crippen molar-refractivity contribution in [3.8, 4) is 11.5 Å². The molecule has 1 rings (SSSR count). The summed E-state index contributed by atoms with van der Waals surface area (Å²) < 4.78 is 10.2. The molecule has 0 saturated heterocycles. The molecule has 0 aromatic heterocycles. The Morgan fingerprint density at radius 2 is 2.00 bits per heavy atom. The molecular formula is C11H15NO4. The third-order valence-electron chi connectivity index (χ3n) is 2.22. The molecule has 0 radical (unpaired) electrons. The number of hydrogen-bond donors (Lipinski definition) is 2. The van der Waals surface area contributed by atoms with Gasteiger partial charge in [0.05, 0.1) is 14.2 Å². The Kier molecular flexibility index (Phi) is 4.13. The molecule has 0 heterocycles. The maximum Gasteiger partial charge on any atom is 0.320 e. The van der Waals surface area contributed by atoms with Crippen LogP contribution in [-0.4, -0.2) is 31.3 Å². The second-order valence-corrected chi connectivity index (χ2v) is 3.34. The average molecular weight is 225 g/mol. The van der Waals surface area contributed by atoms with Crippen molar-refractivity contribution in [2.45, 2.75) is 12.5 Å². The van der Waals surface area contributed by atoms with E-state index in [0.29, 0.717) is 11.5 Å². The number of benzene rings is 1. The number of carboxylic acid groups (broad SMARTS) is 1. The van der Waals surface area contributed by atoms with Crippen molar-refractivity contribution >= 4 is 5.97 Å². The third kappa shape index (κ3) is 2.87. The summed E-state index contributed by atoms with van der Waals surface area (Å²) >= 11 is 0. The molecule has 3 N–H and O–H groups in total. The van der Waals surface area contributed by atoms with E-state index in [2.05, 4.69) is 0 Å². The SMILES string of the molecule is COc1ccc(C[C@@H](N)C(=O)O)cc1OC. The predicted octanol–water partition coefficient (Wildman–Crippen LogP) is 0.658. The Balaban J connectivity index is 2.86. The summed E-state index contributed by atoms with van der Waals surface area (Å²) in [5.41, 5.74) is 6.24. The number of methoxy groups -OCH3 is 2. The monoisotopic (exact) mass is 225 g/mol. The fourth-order valence-corrected chi connectivity index (χ4v) is 1.35. The van der Waals surface area contributed by atoms with Crippen LogP contribution in [0.2, 0.25) is 0 Å². The zero-order chi connectivity index (χ0) is 12.1. The van der Waals surface area contributed by atoms with E-state index in [4.69, 9.17) is 20.3 Å². The summed E-state index contributed by atoms with van der Waals surface area (Å²) in [6, 6.07) is 4.31. The highest BCUT2D eigenvalue weighted by Gasteiger charge is 2.13. The maximum atomic E-state index is 10.6. The first-order valence-electron chi connectivity index (χ1n) is 4.77. The lowest BCUT2D eigenvalue weighted by Crippen LogP contribution is -2.32. The van der Waals surface area contributed by atoms with Crippen molar-refractivity contribution < 1.29 is 19.4 Å². The van der Waals surface area contributed by atoms with E-state index in [1.54, 1.807) is 25.3 Å². The molecule has 88 valence electrons. The Morgan fingerprint density at radius 1 is 1.38 bits per heavy atom. The van der Waals surface area contributed by atoms with E-state index in [0.717, 1.165) is 5.56 Å². The van der Waals surface area contributed by atoms with Crippen LogP contribution in [0.5, 0.6) is 11.5 Å². The number of carbonyl (C=O) groups is 1. The molecular weight excluding hydrogens is 210 g/mol. The minimum Gasteiger partial charge on any atom is -0.493 e. The third-order valence-corrected chi connectivity index (χ3v) is 2.22. The van der Waals surface area contributed by atoms with E-state index in [-0.39, 0.29) is 6.42 Å². The molecule has 0 spiro atoms. The van der Waals surface area contributed by atoms with Crippen LogP contribution >= 0.6 is 0 Å². The first kappa shape index (κ1) is 12.3. The van der Waals surface area contributed by atoms with Crippen LogP contribution in [-0.2, 0) is 11.2 Å².